The van der Waals surface area contributed by atoms with Crippen LogP contribution in [0.15, 0.2) is 18.2 Å². The van der Waals surface area contributed by atoms with Crippen molar-refractivity contribution in [2.75, 3.05) is 26.9 Å². The van der Waals surface area contributed by atoms with Gasteiger partial charge in [0.1, 0.15) is 5.82 Å². The number of nitrogens with two attached hydrogens (primary N) is 1. The van der Waals surface area contributed by atoms with Gasteiger partial charge >= 0.3 is 0 Å². The number of rotatable bonds is 7. The van der Waals surface area contributed by atoms with Crippen molar-refractivity contribution in [2.45, 2.75) is 44.9 Å². The number of methoxy groups -OCH3 is 1. The van der Waals surface area contributed by atoms with E-state index in [4.69, 9.17) is 15.2 Å². The molecule has 1 amide bonds. The van der Waals surface area contributed by atoms with Gasteiger partial charge in [0.05, 0.1) is 19.8 Å². The monoisotopic (exact) mass is 338 g/mol. The number of likely N-dealkylation sites (tertiary alicyclic amines) is 1. The molecule has 2 N–H and O–H groups in total. The van der Waals surface area contributed by atoms with Crippen LogP contribution in [0.1, 0.15) is 42.1 Å². The Morgan fingerprint density at radius 2 is 2.21 bits per heavy atom. The molecule has 24 heavy (non-hydrogen) atoms. The fourth-order valence-corrected chi connectivity index (χ4v) is 3.06. The molecule has 0 bridgehead atoms. The lowest BCUT2D eigenvalue weighted by molar-refractivity contribution is 0.0575. The smallest absolute Gasteiger partial charge is 0.254 e. The Bertz CT molecular complexity index is 551. The molecule has 0 saturated carbocycles. The van der Waals surface area contributed by atoms with Crippen molar-refractivity contribution in [3.63, 3.8) is 0 Å². The van der Waals surface area contributed by atoms with Crippen molar-refractivity contribution in [2.24, 2.45) is 5.73 Å². The van der Waals surface area contributed by atoms with Gasteiger partial charge in [0.15, 0.2) is 0 Å². The standard InChI is InChI=1S/C18H27FN2O3/c1-13(20)17-5-3-4-8-21(17)18(22)14-6-7-16(19)15(11-14)12-24-10-9-23-2/h6-7,11,13,17H,3-5,8-10,12,20H2,1-2H3. The summed E-state index contributed by atoms with van der Waals surface area (Å²) in [6.07, 6.45) is 2.97. The van der Waals surface area contributed by atoms with E-state index in [0.29, 0.717) is 30.9 Å². The van der Waals surface area contributed by atoms with Crippen LogP contribution >= 0.6 is 0 Å². The lowest BCUT2D eigenvalue weighted by Crippen LogP contribution is -2.51. The molecule has 1 fully saturated rings. The van der Waals surface area contributed by atoms with Gasteiger partial charge < -0.3 is 20.1 Å². The van der Waals surface area contributed by atoms with Crippen LogP contribution in [0, 0.1) is 5.82 Å². The number of benzene rings is 1. The van der Waals surface area contributed by atoms with Crippen LogP contribution in [-0.2, 0) is 16.1 Å². The van der Waals surface area contributed by atoms with Crippen LogP contribution in [-0.4, -0.2) is 49.8 Å². The third-order valence-electron chi connectivity index (χ3n) is 4.40. The molecule has 0 radical (unpaired) electrons. The average molecular weight is 338 g/mol. The van der Waals surface area contributed by atoms with Crippen LogP contribution in [0.25, 0.3) is 0 Å². The number of ether oxygens (including phenoxy) is 2. The van der Waals surface area contributed by atoms with Crippen LogP contribution < -0.4 is 5.73 Å². The van der Waals surface area contributed by atoms with Crippen LogP contribution in [0.4, 0.5) is 4.39 Å². The molecule has 5 nitrogen and oxygen atoms in total. The Morgan fingerprint density at radius 1 is 1.42 bits per heavy atom. The van der Waals surface area contributed by atoms with Crippen LogP contribution in [0.3, 0.4) is 0 Å². The number of nitrogens with zero attached hydrogens (tertiary/aromatic N) is 1. The van der Waals surface area contributed by atoms with Crippen LogP contribution in [0.2, 0.25) is 0 Å². The van der Waals surface area contributed by atoms with Gasteiger partial charge in [-0.1, -0.05) is 0 Å². The molecule has 1 saturated heterocycles. The number of hydrogen-bond donors (Lipinski definition) is 1. The van der Waals surface area contributed by atoms with Gasteiger partial charge in [0.2, 0.25) is 0 Å². The van der Waals surface area contributed by atoms with Gasteiger partial charge in [0, 0.05) is 36.9 Å². The van der Waals surface area contributed by atoms with E-state index in [1.807, 2.05) is 11.8 Å². The second-order valence-electron chi connectivity index (χ2n) is 6.27. The molecule has 2 unspecified atom stereocenters. The molecule has 1 aliphatic heterocycles. The van der Waals surface area contributed by atoms with Crippen molar-refractivity contribution < 1.29 is 18.7 Å². The first-order valence-electron chi connectivity index (χ1n) is 8.46. The third kappa shape index (κ3) is 4.75. The number of amides is 1. The zero-order chi connectivity index (χ0) is 17.5. The number of halogens is 1. The van der Waals surface area contributed by atoms with Gasteiger partial charge in [-0.15, -0.1) is 0 Å². The summed E-state index contributed by atoms with van der Waals surface area (Å²) < 4.78 is 24.2. The second-order valence-corrected chi connectivity index (χ2v) is 6.27. The van der Waals surface area contributed by atoms with Gasteiger partial charge in [0.25, 0.3) is 5.91 Å². The Hall–Kier alpha value is -1.50. The summed E-state index contributed by atoms with van der Waals surface area (Å²) in [5.41, 5.74) is 6.90. The summed E-state index contributed by atoms with van der Waals surface area (Å²) in [5, 5.41) is 0. The molecular formula is C18H27FN2O3. The lowest BCUT2D eigenvalue weighted by Gasteiger charge is -2.38. The Balaban J connectivity index is 2.10. The van der Waals surface area contributed by atoms with Crippen molar-refractivity contribution in [1.29, 1.82) is 0 Å². The number of piperidine rings is 1. The summed E-state index contributed by atoms with van der Waals surface area (Å²) >= 11 is 0. The fraction of sp³-hybridized carbons (Fsp3) is 0.611. The third-order valence-corrected chi connectivity index (χ3v) is 4.40. The Kier molecular flexibility index (Phi) is 7.15. The zero-order valence-corrected chi connectivity index (χ0v) is 14.5. The maximum absolute atomic E-state index is 13.9. The molecule has 1 heterocycles. The molecule has 0 spiro atoms. The molecule has 2 rings (SSSR count). The van der Waals surface area contributed by atoms with E-state index >= 15 is 0 Å². The van der Waals surface area contributed by atoms with E-state index in [1.54, 1.807) is 13.2 Å². The predicted molar refractivity (Wildman–Crippen MR) is 90.3 cm³/mol. The lowest BCUT2D eigenvalue weighted by atomic mass is 9.95. The van der Waals surface area contributed by atoms with Crippen LogP contribution in [0.5, 0.6) is 0 Å². The molecule has 1 aromatic carbocycles. The summed E-state index contributed by atoms with van der Waals surface area (Å²) in [7, 11) is 1.58. The van der Waals surface area contributed by atoms with Crippen molar-refractivity contribution in [3.8, 4) is 0 Å². The van der Waals surface area contributed by atoms with Crippen molar-refractivity contribution in [3.05, 3.63) is 35.1 Å². The number of carbonyl (C=O) groups is 1. The highest BCUT2D eigenvalue weighted by Crippen LogP contribution is 2.22. The molecule has 0 aromatic heterocycles. The van der Waals surface area contributed by atoms with Gasteiger partial charge in [-0.2, -0.15) is 0 Å². The molecule has 2 atom stereocenters. The number of carbonyl (C=O) groups excluding carboxylic acids is 1. The number of hydrogen-bond acceptors (Lipinski definition) is 4. The molecule has 134 valence electrons. The highest BCUT2D eigenvalue weighted by atomic mass is 19.1. The van der Waals surface area contributed by atoms with Gasteiger partial charge in [-0.3, -0.25) is 4.79 Å². The SMILES string of the molecule is COCCOCc1cc(C(=O)N2CCCCC2C(C)N)ccc1F. The summed E-state index contributed by atoms with van der Waals surface area (Å²) in [6.45, 7) is 3.57. The molecule has 6 heteroatoms. The maximum Gasteiger partial charge on any atom is 0.254 e. The largest absolute Gasteiger partial charge is 0.382 e. The topological polar surface area (TPSA) is 64.8 Å². The van der Waals surface area contributed by atoms with E-state index in [2.05, 4.69) is 0 Å². The van der Waals surface area contributed by atoms with Gasteiger partial charge in [-0.25, -0.2) is 4.39 Å². The average Bonchev–Trinajstić information content (AvgIpc) is 2.59. The minimum absolute atomic E-state index is 0.0395. The quantitative estimate of drug-likeness (QED) is 0.775. The van der Waals surface area contributed by atoms with E-state index in [1.165, 1.54) is 12.1 Å². The Morgan fingerprint density at radius 3 is 2.92 bits per heavy atom. The van der Waals surface area contributed by atoms with E-state index < -0.39 is 0 Å². The first kappa shape index (κ1) is 18.8. The fourth-order valence-electron chi connectivity index (χ4n) is 3.06. The van der Waals surface area contributed by atoms with E-state index in [0.717, 1.165) is 19.3 Å². The van der Waals surface area contributed by atoms with Crippen molar-refractivity contribution >= 4 is 5.91 Å². The van der Waals surface area contributed by atoms with Gasteiger partial charge in [-0.05, 0) is 44.4 Å². The molecule has 0 aliphatic carbocycles. The minimum atomic E-state index is -0.369. The predicted octanol–water partition coefficient (Wildman–Crippen LogP) is 2.33. The summed E-state index contributed by atoms with van der Waals surface area (Å²) in [5.74, 6) is -0.457. The summed E-state index contributed by atoms with van der Waals surface area (Å²) in [6, 6.07) is 4.40. The normalized spacial score (nSPS) is 19.3. The second kappa shape index (κ2) is 9.11. The minimum Gasteiger partial charge on any atom is -0.382 e. The molecule has 1 aliphatic rings. The Labute approximate surface area is 142 Å². The molecular weight excluding hydrogens is 311 g/mol. The van der Waals surface area contributed by atoms with Crippen molar-refractivity contribution in [1.82, 2.24) is 4.90 Å². The summed E-state index contributed by atoms with van der Waals surface area (Å²) in [4.78, 5) is 14.7. The van der Waals surface area contributed by atoms with E-state index in [-0.39, 0.29) is 30.4 Å². The first-order chi connectivity index (χ1) is 11.5. The highest BCUT2D eigenvalue weighted by molar-refractivity contribution is 5.94. The molecule has 1 aromatic rings. The first-order valence-corrected chi connectivity index (χ1v) is 8.46. The van der Waals surface area contributed by atoms with E-state index in [9.17, 15) is 9.18 Å². The maximum atomic E-state index is 13.9. The highest BCUT2D eigenvalue weighted by Gasteiger charge is 2.30. The zero-order valence-electron chi connectivity index (χ0n) is 14.5.